The molecule has 11 nitrogen and oxygen atoms in total. The van der Waals surface area contributed by atoms with Gasteiger partial charge in [-0.3, -0.25) is 14.4 Å². The van der Waals surface area contributed by atoms with Crippen LogP contribution in [0, 0.1) is 17.8 Å². The summed E-state index contributed by atoms with van der Waals surface area (Å²) < 4.78 is 0. The predicted octanol–water partition coefficient (Wildman–Crippen LogP) is 1.95. The van der Waals surface area contributed by atoms with E-state index < -0.39 is 58.8 Å². The van der Waals surface area contributed by atoms with Crippen molar-refractivity contribution in [1.82, 2.24) is 0 Å². The molecular formula is C31H43N3O8. The first-order valence-corrected chi connectivity index (χ1v) is 14.7. The topological polar surface area (TPSA) is 194 Å². The van der Waals surface area contributed by atoms with Gasteiger partial charge in [-0.25, -0.2) is 0 Å². The Hall–Kier alpha value is -3.41. The highest BCUT2D eigenvalue weighted by molar-refractivity contribution is 6.24. The molecule has 3 unspecified atom stereocenters. The Balaban J connectivity index is 1.64. The van der Waals surface area contributed by atoms with Gasteiger partial charge < -0.3 is 41.5 Å². The molecule has 0 saturated heterocycles. The van der Waals surface area contributed by atoms with E-state index in [0.29, 0.717) is 17.7 Å². The zero-order valence-corrected chi connectivity index (χ0v) is 24.3. The quantitative estimate of drug-likeness (QED) is 0.0825. The lowest BCUT2D eigenvalue weighted by molar-refractivity contribution is -0.174. The number of carbonyl (C=O) groups is 3. The minimum absolute atomic E-state index is 0.0109. The number of nitrogens with two attached hydrogens (primary N) is 1. The van der Waals surface area contributed by atoms with E-state index in [-0.39, 0.29) is 48.4 Å². The second-order valence-electron chi connectivity index (χ2n) is 12.1. The summed E-state index contributed by atoms with van der Waals surface area (Å²) in [7, 11) is 3.61. The Bertz CT molecular complexity index is 1290. The number of carbonyl (C=O) groups excluding carboxylic acids is 3. The molecule has 0 bridgehead atoms. The summed E-state index contributed by atoms with van der Waals surface area (Å²) in [6.45, 7) is 3.87. The number of phenolic OH excluding ortho intramolecular Hbond substituents is 1. The minimum Gasteiger partial charge on any atom is -0.507 e. The Labute approximate surface area is 245 Å². The fourth-order valence-corrected chi connectivity index (χ4v) is 6.86. The Morgan fingerprint density at radius 1 is 1.21 bits per heavy atom. The summed E-state index contributed by atoms with van der Waals surface area (Å²) in [6, 6.07) is 1.72. The number of nitrogens with one attached hydrogen (secondary N) is 1. The number of aliphatic hydroxyl groups is 4. The maximum absolute atomic E-state index is 13.8. The molecule has 0 heterocycles. The lowest BCUT2D eigenvalue weighted by atomic mass is 9.56. The van der Waals surface area contributed by atoms with E-state index in [1.54, 1.807) is 20.2 Å². The SMILES string of the molecule is C=CCCCCCCC(O)CNc1cc(N(C)C)c2c(c1O)C(O)=C1C(=O)[C@]3(O)C(=O)C(C(N)=O)C(O)C[C@@H]3C[C@@H]1C2. The van der Waals surface area contributed by atoms with Crippen LogP contribution in [-0.2, 0) is 20.8 Å². The van der Waals surface area contributed by atoms with Gasteiger partial charge in [0.1, 0.15) is 17.4 Å². The highest BCUT2D eigenvalue weighted by Crippen LogP contribution is 2.53. The average Bonchev–Trinajstić information content (AvgIpc) is 2.91. The number of aromatic hydroxyl groups is 1. The van der Waals surface area contributed by atoms with Gasteiger partial charge in [-0.2, -0.15) is 0 Å². The molecule has 11 heteroatoms. The monoisotopic (exact) mass is 585 g/mol. The van der Waals surface area contributed by atoms with Crippen LogP contribution in [0.2, 0.25) is 0 Å². The number of primary amides is 1. The third kappa shape index (κ3) is 5.52. The molecule has 4 rings (SSSR count). The first-order chi connectivity index (χ1) is 19.8. The van der Waals surface area contributed by atoms with Crippen LogP contribution < -0.4 is 16.0 Å². The Morgan fingerprint density at radius 3 is 2.55 bits per heavy atom. The number of fused-ring (bicyclic) bond motifs is 3. The number of unbranched alkanes of at least 4 members (excludes halogenated alkanes) is 4. The molecule has 0 radical (unpaired) electrons. The van der Waals surface area contributed by atoms with Gasteiger partial charge in [-0.15, -0.1) is 6.58 Å². The van der Waals surface area contributed by atoms with E-state index in [1.165, 1.54) is 0 Å². The third-order valence-corrected chi connectivity index (χ3v) is 9.07. The molecule has 1 aromatic carbocycles. The lowest BCUT2D eigenvalue weighted by Gasteiger charge is -2.48. The first-order valence-electron chi connectivity index (χ1n) is 14.7. The van der Waals surface area contributed by atoms with E-state index in [0.717, 1.165) is 32.1 Å². The van der Waals surface area contributed by atoms with E-state index in [4.69, 9.17) is 5.73 Å². The molecule has 1 aromatic rings. The number of nitrogens with zero attached hydrogens (tertiary/aromatic N) is 1. The van der Waals surface area contributed by atoms with Crippen LogP contribution in [0.5, 0.6) is 5.75 Å². The van der Waals surface area contributed by atoms with Crippen LogP contribution in [0.15, 0.2) is 24.3 Å². The van der Waals surface area contributed by atoms with Gasteiger partial charge in [0, 0.05) is 37.8 Å². The summed E-state index contributed by atoms with van der Waals surface area (Å²) >= 11 is 0. The molecule has 0 aliphatic heterocycles. The Kier molecular flexibility index (Phi) is 9.34. The fraction of sp³-hybridized carbons (Fsp3) is 0.581. The van der Waals surface area contributed by atoms with Gasteiger partial charge >= 0.3 is 0 Å². The number of ketones is 2. The first kappa shape index (κ1) is 31.5. The predicted molar refractivity (Wildman–Crippen MR) is 158 cm³/mol. The molecule has 2 fully saturated rings. The number of rotatable bonds is 12. The molecule has 0 aromatic heterocycles. The fourth-order valence-electron chi connectivity index (χ4n) is 6.86. The van der Waals surface area contributed by atoms with Crippen molar-refractivity contribution < 1.29 is 39.9 Å². The normalized spacial score (nSPS) is 27.5. The molecule has 8 N–H and O–H groups in total. The maximum atomic E-state index is 13.8. The summed E-state index contributed by atoms with van der Waals surface area (Å²) in [4.78, 5) is 40.7. The van der Waals surface area contributed by atoms with Crippen molar-refractivity contribution in [2.45, 2.75) is 75.6 Å². The Morgan fingerprint density at radius 2 is 1.90 bits per heavy atom. The van der Waals surface area contributed by atoms with Gasteiger partial charge in [0.05, 0.1) is 23.5 Å². The molecule has 1 amide bonds. The van der Waals surface area contributed by atoms with Crippen molar-refractivity contribution in [3.63, 3.8) is 0 Å². The van der Waals surface area contributed by atoms with Crippen LogP contribution in [0.1, 0.15) is 62.5 Å². The second kappa shape index (κ2) is 12.4. The van der Waals surface area contributed by atoms with Crippen molar-refractivity contribution in [3.8, 4) is 5.75 Å². The van der Waals surface area contributed by atoms with Crippen LogP contribution in [0.25, 0.3) is 5.76 Å². The van der Waals surface area contributed by atoms with Crippen LogP contribution >= 0.6 is 0 Å². The number of amides is 1. The zero-order chi connectivity index (χ0) is 30.9. The number of aliphatic hydroxyl groups excluding tert-OH is 3. The van der Waals surface area contributed by atoms with Gasteiger partial charge in [-0.1, -0.05) is 25.3 Å². The highest BCUT2D eigenvalue weighted by Gasteiger charge is 2.64. The van der Waals surface area contributed by atoms with Crippen molar-refractivity contribution in [1.29, 1.82) is 0 Å². The van der Waals surface area contributed by atoms with Crippen molar-refractivity contribution in [3.05, 3.63) is 35.4 Å². The molecule has 42 heavy (non-hydrogen) atoms. The summed E-state index contributed by atoms with van der Waals surface area (Å²) in [5.74, 6) is -7.51. The number of Topliss-reactive ketones (excluding diaryl/α,β-unsaturated/α-hetero) is 2. The molecular weight excluding hydrogens is 542 g/mol. The van der Waals surface area contributed by atoms with E-state index in [1.807, 2.05) is 11.0 Å². The third-order valence-electron chi connectivity index (χ3n) is 9.07. The molecule has 3 aliphatic rings. The number of allylic oxidation sites excluding steroid dienone is 1. The van der Waals surface area contributed by atoms with Gasteiger partial charge in [0.15, 0.2) is 11.4 Å². The standard InChI is InChI=1S/C31H43N3O8/c1-4-5-6-7-8-9-10-18(35)15-33-20-14-21(34(2)3)19-12-16-11-17-13-22(36)25(30(32)41)29(40)31(17,42)28(39)23(16)27(38)24(19)26(20)37/h4,14,16-18,22,25,33,35-38,42H,1,5-13,15H2,2-3H3,(H2,32,41)/t16-,17+,18?,22?,25?,31+/m1/s1. The van der Waals surface area contributed by atoms with Crippen LogP contribution in [0.4, 0.5) is 11.4 Å². The molecule has 6 atom stereocenters. The second-order valence-corrected chi connectivity index (χ2v) is 12.1. The zero-order valence-electron chi connectivity index (χ0n) is 24.3. The van der Waals surface area contributed by atoms with Gasteiger partial charge in [0.25, 0.3) is 0 Å². The van der Waals surface area contributed by atoms with Crippen molar-refractivity contribution in [2.75, 3.05) is 30.9 Å². The van der Waals surface area contributed by atoms with E-state index in [2.05, 4.69) is 11.9 Å². The van der Waals surface area contributed by atoms with Gasteiger partial charge in [0.2, 0.25) is 11.7 Å². The smallest absolute Gasteiger partial charge is 0.230 e. The lowest BCUT2D eigenvalue weighted by Crippen LogP contribution is -2.66. The van der Waals surface area contributed by atoms with Crippen LogP contribution in [0.3, 0.4) is 0 Å². The molecule has 2 saturated carbocycles. The number of hydrogen-bond donors (Lipinski definition) is 7. The summed E-state index contributed by atoms with van der Waals surface area (Å²) in [5, 5.41) is 58.2. The minimum atomic E-state index is -2.62. The molecule has 230 valence electrons. The molecule has 3 aliphatic carbocycles. The molecule has 0 spiro atoms. The van der Waals surface area contributed by atoms with Gasteiger partial charge in [-0.05, 0) is 56.1 Å². The van der Waals surface area contributed by atoms with E-state index in [9.17, 15) is 39.9 Å². The number of anilines is 2. The highest BCUT2D eigenvalue weighted by atomic mass is 16.3. The van der Waals surface area contributed by atoms with Crippen molar-refractivity contribution >= 4 is 34.6 Å². The van der Waals surface area contributed by atoms with E-state index >= 15 is 0 Å². The maximum Gasteiger partial charge on any atom is 0.230 e. The number of hydrogen-bond acceptors (Lipinski definition) is 10. The average molecular weight is 586 g/mol. The summed E-state index contributed by atoms with van der Waals surface area (Å²) in [5.41, 5.74) is 4.02. The number of benzene rings is 1. The van der Waals surface area contributed by atoms with Crippen LogP contribution in [-0.4, -0.2) is 81.5 Å². The summed E-state index contributed by atoms with van der Waals surface area (Å²) in [6.07, 6.45) is 5.46. The van der Waals surface area contributed by atoms with Crippen molar-refractivity contribution in [2.24, 2.45) is 23.5 Å². The number of phenols is 1. The largest absolute Gasteiger partial charge is 0.507 e.